The summed E-state index contributed by atoms with van der Waals surface area (Å²) >= 11 is 0. The van der Waals surface area contributed by atoms with Gasteiger partial charge in [0.05, 0.1) is 12.1 Å². The molecule has 4 unspecified atom stereocenters. The van der Waals surface area contributed by atoms with E-state index in [1.165, 1.54) is 37.1 Å². The van der Waals surface area contributed by atoms with Gasteiger partial charge < -0.3 is 25.6 Å². The average molecular weight is 447 g/mol. The maximum Gasteiger partial charge on any atom is 0.415 e. The van der Waals surface area contributed by atoms with Gasteiger partial charge in [-0.25, -0.2) is 9.18 Å². The van der Waals surface area contributed by atoms with Gasteiger partial charge in [-0.2, -0.15) is 0 Å². The number of carbonyl (C=O) groups is 2. The molecule has 4 rings (SSSR count). The summed E-state index contributed by atoms with van der Waals surface area (Å²) in [5.74, 6) is 0.711. The molecule has 2 aliphatic carbocycles. The molecule has 32 heavy (non-hydrogen) atoms. The number of carbonyl (C=O) groups excluding carboxylic acids is 2. The van der Waals surface area contributed by atoms with Gasteiger partial charge in [0.2, 0.25) is 5.91 Å². The summed E-state index contributed by atoms with van der Waals surface area (Å²) < 4.78 is 18.8. The molecule has 2 saturated carbocycles. The van der Waals surface area contributed by atoms with Crippen LogP contribution in [-0.2, 0) is 4.79 Å². The highest BCUT2D eigenvalue weighted by atomic mass is 19.1. The van der Waals surface area contributed by atoms with E-state index in [9.17, 15) is 14.0 Å². The summed E-state index contributed by atoms with van der Waals surface area (Å²) in [5, 5.41) is 3.60. The number of rotatable bonds is 6. The van der Waals surface area contributed by atoms with Gasteiger partial charge >= 0.3 is 6.09 Å². The lowest BCUT2D eigenvalue weighted by Crippen LogP contribution is -2.67. The van der Waals surface area contributed by atoms with Gasteiger partial charge in [0.15, 0.2) is 0 Å². The zero-order chi connectivity index (χ0) is 22.8. The zero-order valence-electron chi connectivity index (χ0n) is 19.0. The normalized spacial score (nSPS) is 28.8. The fourth-order valence-electron chi connectivity index (χ4n) is 5.55. The Hall–Kier alpha value is -2.19. The molecule has 0 aromatic heterocycles. The zero-order valence-corrected chi connectivity index (χ0v) is 19.0. The number of piperazine rings is 1. The number of fused-ring (bicyclic) bond motifs is 1. The van der Waals surface area contributed by atoms with E-state index in [2.05, 4.69) is 5.32 Å². The van der Waals surface area contributed by atoms with Crippen LogP contribution in [0.1, 0.15) is 46.0 Å². The Labute approximate surface area is 189 Å². The quantitative estimate of drug-likeness (QED) is 0.702. The number of benzene rings is 1. The largest absolute Gasteiger partial charge is 0.415 e. The van der Waals surface area contributed by atoms with Crippen molar-refractivity contribution in [1.82, 2.24) is 15.1 Å². The van der Waals surface area contributed by atoms with Crippen LogP contribution in [0.15, 0.2) is 24.3 Å². The lowest BCUT2D eigenvalue weighted by atomic mass is 9.73. The fourth-order valence-corrected chi connectivity index (χ4v) is 5.55. The summed E-state index contributed by atoms with van der Waals surface area (Å²) in [6.45, 7) is 5.50. The van der Waals surface area contributed by atoms with Crippen molar-refractivity contribution in [3.05, 3.63) is 30.1 Å². The summed E-state index contributed by atoms with van der Waals surface area (Å²) in [7, 11) is 0. The Morgan fingerprint density at radius 1 is 1.19 bits per heavy atom. The summed E-state index contributed by atoms with van der Waals surface area (Å²) in [6.07, 6.45) is 4.67. The molecule has 5 atom stereocenters. The van der Waals surface area contributed by atoms with E-state index < -0.39 is 6.09 Å². The first-order chi connectivity index (χ1) is 15.4. The second-order valence-electron chi connectivity index (χ2n) is 9.64. The highest BCUT2D eigenvalue weighted by Gasteiger charge is 2.47. The predicted octanol–water partition coefficient (Wildman–Crippen LogP) is 2.74. The molecule has 2 amide bonds. The van der Waals surface area contributed by atoms with E-state index in [0.717, 1.165) is 25.8 Å². The molecule has 0 radical (unpaired) electrons. The van der Waals surface area contributed by atoms with Crippen LogP contribution < -0.4 is 15.8 Å². The van der Waals surface area contributed by atoms with Crippen LogP contribution in [0.4, 0.5) is 9.18 Å². The number of halogens is 1. The molecule has 3 aliphatic rings. The van der Waals surface area contributed by atoms with E-state index in [1.807, 2.05) is 11.8 Å². The molecule has 1 aromatic rings. The van der Waals surface area contributed by atoms with Crippen LogP contribution in [0, 0.1) is 17.7 Å². The highest BCUT2D eigenvalue weighted by Crippen LogP contribution is 2.39. The summed E-state index contributed by atoms with van der Waals surface area (Å²) in [4.78, 5) is 29.3. The first-order valence-electron chi connectivity index (χ1n) is 11.8. The van der Waals surface area contributed by atoms with Crippen LogP contribution in [0.2, 0.25) is 0 Å². The Balaban J connectivity index is 1.51. The Morgan fingerprint density at radius 2 is 1.91 bits per heavy atom. The van der Waals surface area contributed by atoms with E-state index in [0.29, 0.717) is 36.7 Å². The van der Waals surface area contributed by atoms with E-state index in [-0.39, 0.29) is 29.8 Å². The summed E-state index contributed by atoms with van der Waals surface area (Å²) in [5.41, 5.74) is 6.14. The molecule has 1 heterocycles. The minimum atomic E-state index is -0.442. The van der Waals surface area contributed by atoms with Gasteiger partial charge in [-0.3, -0.25) is 4.79 Å². The van der Waals surface area contributed by atoms with Crippen molar-refractivity contribution in [3.63, 3.8) is 0 Å². The molecule has 0 bridgehead atoms. The fraction of sp³-hybridized carbons (Fsp3) is 0.667. The van der Waals surface area contributed by atoms with Gasteiger partial charge in [-0.05, 0) is 88.2 Å². The lowest BCUT2D eigenvalue weighted by Gasteiger charge is -2.54. The second kappa shape index (κ2) is 9.75. The summed E-state index contributed by atoms with van der Waals surface area (Å²) in [6, 6.07) is 5.86. The van der Waals surface area contributed by atoms with Crippen molar-refractivity contribution in [2.24, 2.45) is 17.6 Å². The SMILES string of the molecule is CC(=O)N1C2CCC(C(CN)CNC3CC3)CC2N(C(=O)Oc2ccc(F)cc2)C[C@@H]1C. The molecular formula is C24H35FN4O3. The molecule has 1 aliphatic heterocycles. The number of nitrogens with zero attached hydrogens (tertiary/aromatic N) is 2. The van der Waals surface area contributed by atoms with Crippen molar-refractivity contribution in [1.29, 1.82) is 0 Å². The number of hydrogen-bond donors (Lipinski definition) is 2. The highest BCUT2D eigenvalue weighted by molar-refractivity contribution is 5.76. The van der Waals surface area contributed by atoms with Gasteiger partial charge in [0.1, 0.15) is 11.6 Å². The molecule has 1 aromatic carbocycles. The second-order valence-corrected chi connectivity index (χ2v) is 9.64. The third-order valence-corrected chi connectivity index (χ3v) is 7.35. The number of ether oxygens (including phenoxy) is 1. The van der Waals surface area contributed by atoms with Crippen LogP contribution in [0.3, 0.4) is 0 Å². The van der Waals surface area contributed by atoms with Crippen LogP contribution >= 0.6 is 0 Å². The number of nitrogens with one attached hydrogen (secondary N) is 1. The van der Waals surface area contributed by atoms with E-state index in [4.69, 9.17) is 10.5 Å². The third-order valence-electron chi connectivity index (χ3n) is 7.35. The smallest absolute Gasteiger partial charge is 0.410 e. The van der Waals surface area contributed by atoms with Gasteiger partial charge in [-0.15, -0.1) is 0 Å². The van der Waals surface area contributed by atoms with Gasteiger partial charge in [0, 0.05) is 25.6 Å². The molecular weight excluding hydrogens is 411 g/mol. The maximum absolute atomic E-state index is 13.2. The van der Waals surface area contributed by atoms with Crippen molar-refractivity contribution < 1.29 is 18.7 Å². The van der Waals surface area contributed by atoms with Crippen molar-refractivity contribution in [2.75, 3.05) is 19.6 Å². The molecule has 3 N–H and O–H groups in total. The van der Waals surface area contributed by atoms with Gasteiger partial charge in [-0.1, -0.05) is 0 Å². The topological polar surface area (TPSA) is 87.9 Å². The van der Waals surface area contributed by atoms with Crippen LogP contribution in [0.25, 0.3) is 0 Å². The first-order valence-corrected chi connectivity index (χ1v) is 11.8. The Kier molecular flexibility index (Phi) is 7.00. The van der Waals surface area contributed by atoms with Crippen molar-refractivity contribution in [3.8, 4) is 5.75 Å². The predicted molar refractivity (Wildman–Crippen MR) is 120 cm³/mol. The standard InChI is InChI=1S/C24H35FN4O3/c1-15-14-28(24(31)32-21-8-4-19(25)5-9-21)23-11-17(3-10-22(23)29(15)16(2)30)18(12-26)13-27-20-6-7-20/h4-5,8-9,15,17-18,20,22-23,27H,3,6-7,10-14,26H2,1-2H3/t15-,17?,18?,22?,23?/m0/s1. The van der Waals surface area contributed by atoms with E-state index in [1.54, 1.807) is 11.8 Å². The lowest BCUT2D eigenvalue weighted by molar-refractivity contribution is -0.142. The Bertz CT molecular complexity index is 816. The van der Waals surface area contributed by atoms with Crippen molar-refractivity contribution in [2.45, 2.75) is 70.1 Å². The first kappa shape index (κ1) is 23.0. The molecule has 7 nitrogen and oxygen atoms in total. The number of amides is 2. The Morgan fingerprint density at radius 3 is 2.53 bits per heavy atom. The molecule has 3 fully saturated rings. The van der Waals surface area contributed by atoms with Crippen LogP contribution in [0.5, 0.6) is 5.75 Å². The average Bonchev–Trinajstić information content (AvgIpc) is 3.59. The maximum atomic E-state index is 13.2. The van der Waals surface area contributed by atoms with E-state index >= 15 is 0 Å². The van der Waals surface area contributed by atoms with Gasteiger partial charge in [0.25, 0.3) is 0 Å². The molecule has 176 valence electrons. The van der Waals surface area contributed by atoms with Crippen LogP contribution in [-0.4, -0.2) is 65.6 Å². The third kappa shape index (κ3) is 5.07. The molecule has 1 saturated heterocycles. The van der Waals surface area contributed by atoms with Crippen molar-refractivity contribution >= 4 is 12.0 Å². The number of nitrogens with two attached hydrogens (primary N) is 1. The molecule has 8 heteroatoms. The minimum Gasteiger partial charge on any atom is -0.410 e. The monoisotopic (exact) mass is 446 g/mol. The number of hydrogen-bond acceptors (Lipinski definition) is 5. The molecule has 0 spiro atoms. The minimum absolute atomic E-state index is 0.0249.